The second kappa shape index (κ2) is 9.96. The minimum absolute atomic E-state index is 0.000102. The summed E-state index contributed by atoms with van der Waals surface area (Å²) in [5, 5.41) is 0. The van der Waals surface area contributed by atoms with Gasteiger partial charge in [0.05, 0.1) is 20.1 Å². The minimum atomic E-state index is -0.129. The molecule has 1 amide bonds. The highest BCUT2D eigenvalue weighted by atomic mass is 16.5. The molecule has 3 rings (SSSR count). The van der Waals surface area contributed by atoms with Gasteiger partial charge in [-0.25, -0.2) is 0 Å². The van der Waals surface area contributed by atoms with Gasteiger partial charge in [0, 0.05) is 31.3 Å². The van der Waals surface area contributed by atoms with E-state index in [2.05, 4.69) is 11.8 Å². The lowest BCUT2D eigenvalue weighted by Crippen LogP contribution is -2.43. The monoisotopic (exact) mass is 404 g/mol. The number of benzene rings is 1. The fraction of sp³-hybridized carbons (Fsp3) is 0.636. The van der Waals surface area contributed by atoms with Crippen molar-refractivity contribution in [2.75, 3.05) is 46.9 Å². The predicted octanol–water partition coefficient (Wildman–Crippen LogP) is 2.58. The molecule has 0 bridgehead atoms. The molecular formula is C22H32N2O5. The van der Waals surface area contributed by atoms with Crippen molar-refractivity contribution in [1.82, 2.24) is 9.80 Å². The van der Waals surface area contributed by atoms with Crippen molar-refractivity contribution < 1.29 is 23.8 Å². The third-order valence-corrected chi connectivity index (χ3v) is 5.91. The molecule has 2 aliphatic heterocycles. The highest BCUT2D eigenvalue weighted by Crippen LogP contribution is 2.26. The van der Waals surface area contributed by atoms with Crippen LogP contribution in [-0.4, -0.2) is 74.7 Å². The SMILES string of the molecule is CCN1CCCC(OC(=O)C2CCN(C(=O)c3cc(OC)cc(OC)c3)CC2)C1. The number of methoxy groups -OCH3 is 2. The topological polar surface area (TPSA) is 68.3 Å². The van der Waals surface area contributed by atoms with Crippen LogP contribution in [0.1, 0.15) is 43.0 Å². The molecule has 0 N–H and O–H groups in total. The van der Waals surface area contributed by atoms with Crippen LogP contribution in [0.5, 0.6) is 11.5 Å². The molecule has 1 aromatic carbocycles. The van der Waals surface area contributed by atoms with E-state index >= 15 is 0 Å². The van der Waals surface area contributed by atoms with Gasteiger partial charge in [0.2, 0.25) is 0 Å². The first-order chi connectivity index (χ1) is 14.0. The molecule has 2 saturated heterocycles. The summed E-state index contributed by atoms with van der Waals surface area (Å²) >= 11 is 0. The number of carbonyl (C=O) groups excluding carboxylic acids is 2. The summed E-state index contributed by atoms with van der Waals surface area (Å²) in [6.45, 7) is 6.13. The van der Waals surface area contributed by atoms with E-state index < -0.39 is 0 Å². The molecule has 1 unspecified atom stereocenters. The molecule has 7 heteroatoms. The van der Waals surface area contributed by atoms with Gasteiger partial charge in [0.1, 0.15) is 17.6 Å². The number of piperidine rings is 2. The van der Waals surface area contributed by atoms with Gasteiger partial charge in [-0.15, -0.1) is 0 Å². The number of carbonyl (C=O) groups is 2. The van der Waals surface area contributed by atoms with Gasteiger partial charge in [-0.1, -0.05) is 6.92 Å². The van der Waals surface area contributed by atoms with Gasteiger partial charge in [-0.2, -0.15) is 0 Å². The van der Waals surface area contributed by atoms with Crippen molar-refractivity contribution in [2.45, 2.75) is 38.7 Å². The third-order valence-electron chi connectivity index (χ3n) is 5.91. The quantitative estimate of drug-likeness (QED) is 0.679. The Hall–Kier alpha value is -2.28. The standard InChI is InChI=1S/C22H32N2O5/c1-4-23-9-5-6-18(15-23)29-22(26)16-7-10-24(11-8-16)21(25)17-12-19(27-2)14-20(13-17)28-3/h12-14,16,18H,4-11,15H2,1-3H3. The van der Waals surface area contributed by atoms with Gasteiger partial charge in [-0.05, 0) is 50.9 Å². The Morgan fingerprint density at radius 2 is 1.66 bits per heavy atom. The number of nitrogens with zero attached hydrogens (tertiary/aromatic N) is 2. The summed E-state index contributed by atoms with van der Waals surface area (Å²) in [6.07, 6.45) is 3.28. The van der Waals surface area contributed by atoms with Crippen molar-refractivity contribution in [3.05, 3.63) is 23.8 Å². The zero-order chi connectivity index (χ0) is 20.8. The zero-order valence-corrected chi connectivity index (χ0v) is 17.7. The Bertz CT molecular complexity index is 693. The summed E-state index contributed by atoms with van der Waals surface area (Å²) in [7, 11) is 3.12. The highest BCUT2D eigenvalue weighted by Gasteiger charge is 2.31. The van der Waals surface area contributed by atoms with Crippen molar-refractivity contribution in [2.24, 2.45) is 5.92 Å². The first-order valence-corrected chi connectivity index (χ1v) is 10.5. The molecule has 160 valence electrons. The first kappa shape index (κ1) is 21.4. The summed E-state index contributed by atoms with van der Waals surface area (Å²) in [6, 6.07) is 5.17. The smallest absolute Gasteiger partial charge is 0.309 e. The van der Waals surface area contributed by atoms with Crippen LogP contribution in [-0.2, 0) is 9.53 Å². The van der Waals surface area contributed by atoms with Crippen LogP contribution in [0.15, 0.2) is 18.2 Å². The normalized spacial score (nSPS) is 20.9. The van der Waals surface area contributed by atoms with E-state index in [-0.39, 0.29) is 23.9 Å². The molecular weight excluding hydrogens is 372 g/mol. The average Bonchev–Trinajstić information content (AvgIpc) is 2.78. The number of likely N-dealkylation sites (N-methyl/N-ethyl adjacent to an activating group) is 1. The van der Waals surface area contributed by atoms with Crippen LogP contribution in [0.25, 0.3) is 0 Å². The first-order valence-electron chi connectivity index (χ1n) is 10.5. The van der Waals surface area contributed by atoms with Gasteiger partial charge < -0.3 is 19.1 Å². The maximum Gasteiger partial charge on any atom is 0.309 e. The molecule has 2 aliphatic rings. The lowest BCUT2D eigenvalue weighted by Gasteiger charge is -2.34. The lowest BCUT2D eigenvalue weighted by molar-refractivity contribution is -0.158. The van der Waals surface area contributed by atoms with E-state index in [4.69, 9.17) is 14.2 Å². The average molecular weight is 405 g/mol. The molecule has 29 heavy (non-hydrogen) atoms. The number of esters is 1. The fourth-order valence-corrected chi connectivity index (χ4v) is 4.09. The van der Waals surface area contributed by atoms with Crippen LogP contribution >= 0.6 is 0 Å². The molecule has 0 spiro atoms. The molecule has 0 aliphatic carbocycles. The Labute approximate surface area is 172 Å². The maximum absolute atomic E-state index is 12.9. The summed E-state index contributed by atoms with van der Waals surface area (Å²) in [4.78, 5) is 29.6. The number of hydrogen-bond donors (Lipinski definition) is 0. The number of rotatable bonds is 6. The second-order valence-electron chi connectivity index (χ2n) is 7.76. The van der Waals surface area contributed by atoms with E-state index in [0.717, 1.165) is 32.5 Å². The van der Waals surface area contributed by atoms with E-state index in [0.29, 0.717) is 43.0 Å². The van der Waals surface area contributed by atoms with E-state index in [1.54, 1.807) is 37.3 Å². The van der Waals surface area contributed by atoms with Crippen molar-refractivity contribution in [3.63, 3.8) is 0 Å². The Morgan fingerprint density at radius 3 is 2.24 bits per heavy atom. The van der Waals surface area contributed by atoms with Crippen LogP contribution in [0, 0.1) is 5.92 Å². The summed E-state index contributed by atoms with van der Waals surface area (Å²) in [5.74, 6) is 0.860. The molecule has 2 heterocycles. The summed E-state index contributed by atoms with van der Waals surface area (Å²) in [5.41, 5.74) is 0.532. The molecule has 1 atom stereocenters. The molecule has 0 radical (unpaired) electrons. The van der Waals surface area contributed by atoms with Crippen molar-refractivity contribution in [1.29, 1.82) is 0 Å². The molecule has 0 saturated carbocycles. The van der Waals surface area contributed by atoms with E-state index in [1.165, 1.54) is 0 Å². The van der Waals surface area contributed by atoms with Crippen LogP contribution < -0.4 is 9.47 Å². The lowest BCUT2D eigenvalue weighted by atomic mass is 9.96. The van der Waals surface area contributed by atoms with Gasteiger partial charge >= 0.3 is 5.97 Å². The minimum Gasteiger partial charge on any atom is -0.497 e. The summed E-state index contributed by atoms with van der Waals surface area (Å²) < 4.78 is 16.3. The molecule has 0 aromatic heterocycles. The zero-order valence-electron chi connectivity index (χ0n) is 17.7. The van der Waals surface area contributed by atoms with Gasteiger partial charge in [0.15, 0.2) is 0 Å². The fourth-order valence-electron chi connectivity index (χ4n) is 4.09. The number of ether oxygens (including phenoxy) is 3. The molecule has 7 nitrogen and oxygen atoms in total. The van der Waals surface area contributed by atoms with Gasteiger partial charge in [0.25, 0.3) is 5.91 Å². The van der Waals surface area contributed by atoms with Crippen molar-refractivity contribution >= 4 is 11.9 Å². The second-order valence-corrected chi connectivity index (χ2v) is 7.76. The number of hydrogen-bond acceptors (Lipinski definition) is 6. The molecule has 2 fully saturated rings. The van der Waals surface area contributed by atoms with Crippen LogP contribution in [0.3, 0.4) is 0 Å². The predicted molar refractivity (Wildman–Crippen MR) is 109 cm³/mol. The molecule has 1 aromatic rings. The largest absolute Gasteiger partial charge is 0.497 e. The number of amides is 1. The number of likely N-dealkylation sites (tertiary alicyclic amines) is 2. The van der Waals surface area contributed by atoms with Crippen molar-refractivity contribution in [3.8, 4) is 11.5 Å². The Morgan fingerprint density at radius 1 is 1.00 bits per heavy atom. The van der Waals surface area contributed by atoms with E-state index in [9.17, 15) is 9.59 Å². The third kappa shape index (κ3) is 5.41. The maximum atomic E-state index is 12.9. The Kier molecular flexibility index (Phi) is 7.36. The van der Waals surface area contributed by atoms with E-state index in [1.807, 2.05) is 0 Å². The Balaban J connectivity index is 1.53. The highest BCUT2D eigenvalue weighted by molar-refractivity contribution is 5.95. The van der Waals surface area contributed by atoms with Crippen LogP contribution in [0.4, 0.5) is 0 Å². The van der Waals surface area contributed by atoms with Gasteiger partial charge in [-0.3, -0.25) is 14.5 Å². The van der Waals surface area contributed by atoms with Crippen LogP contribution in [0.2, 0.25) is 0 Å².